The van der Waals surface area contributed by atoms with Gasteiger partial charge in [0.2, 0.25) is 0 Å². The summed E-state index contributed by atoms with van der Waals surface area (Å²) >= 11 is 1.76. The maximum atomic E-state index is 4.22. The van der Waals surface area contributed by atoms with E-state index in [0.29, 0.717) is 0 Å². The van der Waals surface area contributed by atoms with Crippen LogP contribution in [-0.4, -0.2) is 9.78 Å². The summed E-state index contributed by atoms with van der Waals surface area (Å²) in [7, 11) is 0. The van der Waals surface area contributed by atoms with E-state index in [4.69, 9.17) is 0 Å². The van der Waals surface area contributed by atoms with Gasteiger partial charge in [0.1, 0.15) is 0 Å². The van der Waals surface area contributed by atoms with Crippen molar-refractivity contribution in [2.75, 3.05) is 0 Å². The highest BCUT2D eigenvalue weighted by Crippen LogP contribution is 2.13. The zero-order valence-electron chi connectivity index (χ0n) is 11.4. The van der Waals surface area contributed by atoms with Crippen LogP contribution >= 0.6 is 11.3 Å². The van der Waals surface area contributed by atoms with Gasteiger partial charge in [-0.1, -0.05) is 12.1 Å². The number of thiophene rings is 1. The van der Waals surface area contributed by atoms with Crippen LogP contribution in [0.4, 0.5) is 0 Å². The lowest BCUT2D eigenvalue weighted by Gasteiger charge is -2.06. The molecule has 0 unspecified atom stereocenters. The number of hydrogen-bond donors (Lipinski definition) is 1. The third-order valence-corrected chi connectivity index (χ3v) is 4.22. The van der Waals surface area contributed by atoms with E-state index in [1.165, 1.54) is 16.7 Å². The molecule has 2 aromatic heterocycles. The smallest absolute Gasteiger partial charge is 0.0645 e. The molecule has 102 valence electrons. The molecule has 2 heterocycles. The fourth-order valence-electron chi connectivity index (χ4n) is 2.10. The van der Waals surface area contributed by atoms with E-state index in [2.05, 4.69) is 52.4 Å². The fourth-order valence-corrected chi connectivity index (χ4v) is 2.95. The first-order chi connectivity index (χ1) is 9.83. The lowest BCUT2D eigenvalue weighted by molar-refractivity contribution is 0.692. The molecular formula is C16H17N3S. The number of benzene rings is 1. The lowest BCUT2D eigenvalue weighted by Crippen LogP contribution is -2.12. The molecule has 0 fully saturated rings. The van der Waals surface area contributed by atoms with Crippen LogP contribution in [0.25, 0.3) is 5.69 Å². The van der Waals surface area contributed by atoms with Crippen molar-refractivity contribution in [3.63, 3.8) is 0 Å². The molecule has 1 N–H and O–H groups in total. The van der Waals surface area contributed by atoms with Crippen molar-refractivity contribution in [3.05, 3.63) is 70.2 Å². The predicted molar refractivity (Wildman–Crippen MR) is 83.2 cm³/mol. The SMILES string of the molecule is Cc1cscc1CNCc1ccc(-n2cccn2)cc1. The van der Waals surface area contributed by atoms with Crippen LogP contribution in [0.3, 0.4) is 0 Å². The van der Waals surface area contributed by atoms with Gasteiger partial charge >= 0.3 is 0 Å². The highest BCUT2D eigenvalue weighted by atomic mass is 32.1. The second-order valence-electron chi connectivity index (χ2n) is 4.80. The number of nitrogens with zero attached hydrogens (tertiary/aromatic N) is 2. The molecule has 1 aromatic carbocycles. The van der Waals surface area contributed by atoms with Crippen LogP contribution in [0.15, 0.2) is 53.5 Å². The largest absolute Gasteiger partial charge is 0.309 e. The van der Waals surface area contributed by atoms with E-state index in [-0.39, 0.29) is 0 Å². The van der Waals surface area contributed by atoms with Gasteiger partial charge in [0.25, 0.3) is 0 Å². The summed E-state index contributed by atoms with van der Waals surface area (Å²) in [5, 5.41) is 12.1. The van der Waals surface area contributed by atoms with Crippen LogP contribution in [-0.2, 0) is 13.1 Å². The molecule has 0 atom stereocenters. The van der Waals surface area contributed by atoms with Crippen molar-refractivity contribution < 1.29 is 0 Å². The summed E-state index contributed by atoms with van der Waals surface area (Å²) < 4.78 is 1.87. The molecule has 0 aliphatic carbocycles. The zero-order valence-corrected chi connectivity index (χ0v) is 12.2. The summed E-state index contributed by atoms with van der Waals surface area (Å²) in [6.45, 7) is 3.97. The van der Waals surface area contributed by atoms with E-state index in [1.807, 2.05) is 16.9 Å². The van der Waals surface area contributed by atoms with Gasteiger partial charge in [0, 0.05) is 25.5 Å². The number of nitrogens with one attached hydrogen (secondary N) is 1. The van der Waals surface area contributed by atoms with Crippen molar-refractivity contribution in [3.8, 4) is 5.69 Å². The topological polar surface area (TPSA) is 29.9 Å². The van der Waals surface area contributed by atoms with E-state index < -0.39 is 0 Å². The predicted octanol–water partition coefficient (Wildman–Crippen LogP) is 3.53. The molecule has 0 aliphatic heterocycles. The average molecular weight is 283 g/mol. The second-order valence-corrected chi connectivity index (χ2v) is 5.54. The maximum Gasteiger partial charge on any atom is 0.0645 e. The molecule has 3 nitrogen and oxygen atoms in total. The molecule has 4 heteroatoms. The summed E-state index contributed by atoms with van der Waals surface area (Å²) in [6, 6.07) is 10.4. The fraction of sp³-hybridized carbons (Fsp3) is 0.188. The normalized spacial score (nSPS) is 10.8. The Labute approximate surface area is 122 Å². The Morgan fingerprint density at radius 2 is 2.00 bits per heavy atom. The van der Waals surface area contributed by atoms with Gasteiger partial charge < -0.3 is 5.32 Å². The summed E-state index contributed by atoms with van der Waals surface area (Å²) in [5.74, 6) is 0. The van der Waals surface area contributed by atoms with Crippen LogP contribution in [0, 0.1) is 6.92 Å². The monoisotopic (exact) mass is 283 g/mol. The third kappa shape index (κ3) is 2.98. The van der Waals surface area contributed by atoms with Crippen molar-refractivity contribution in [1.29, 1.82) is 0 Å². The molecule has 0 amide bonds. The molecule has 0 aliphatic rings. The Kier molecular flexibility index (Phi) is 3.95. The zero-order chi connectivity index (χ0) is 13.8. The minimum absolute atomic E-state index is 0.884. The Morgan fingerprint density at radius 1 is 1.15 bits per heavy atom. The molecule has 0 saturated carbocycles. The van der Waals surface area contributed by atoms with Crippen LogP contribution in [0.5, 0.6) is 0 Å². The molecule has 3 rings (SSSR count). The van der Waals surface area contributed by atoms with Gasteiger partial charge in [-0.25, -0.2) is 4.68 Å². The first-order valence-corrected chi connectivity index (χ1v) is 7.58. The van der Waals surface area contributed by atoms with Gasteiger partial charge in [-0.15, -0.1) is 0 Å². The lowest BCUT2D eigenvalue weighted by atomic mass is 10.2. The second kappa shape index (κ2) is 6.03. The Hall–Kier alpha value is -1.91. The van der Waals surface area contributed by atoms with Gasteiger partial charge in [0.05, 0.1) is 5.69 Å². The number of aryl methyl sites for hydroxylation is 1. The summed E-state index contributed by atoms with van der Waals surface area (Å²) in [4.78, 5) is 0. The molecule has 0 spiro atoms. The molecule has 3 aromatic rings. The van der Waals surface area contributed by atoms with E-state index in [9.17, 15) is 0 Å². The van der Waals surface area contributed by atoms with Gasteiger partial charge in [-0.05, 0) is 52.6 Å². The Bertz CT molecular complexity index is 653. The minimum atomic E-state index is 0.884. The van der Waals surface area contributed by atoms with Crippen molar-refractivity contribution in [2.45, 2.75) is 20.0 Å². The molecule has 0 radical (unpaired) electrons. The highest BCUT2D eigenvalue weighted by Gasteiger charge is 2.00. The number of hydrogen-bond acceptors (Lipinski definition) is 3. The third-order valence-electron chi connectivity index (χ3n) is 3.31. The molecule has 20 heavy (non-hydrogen) atoms. The van der Waals surface area contributed by atoms with Crippen molar-refractivity contribution >= 4 is 11.3 Å². The van der Waals surface area contributed by atoms with Gasteiger partial charge in [0.15, 0.2) is 0 Å². The standard InChI is InChI=1S/C16H17N3S/c1-13-11-20-12-15(13)10-17-9-14-3-5-16(6-4-14)19-8-2-7-18-19/h2-8,11-12,17H,9-10H2,1H3. The van der Waals surface area contributed by atoms with E-state index in [1.54, 1.807) is 17.5 Å². The van der Waals surface area contributed by atoms with E-state index in [0.717, 1.165) is 18.8 Å². The van der Waals surface area contributed by atoms with Gasteiger partial charge in [-0.3, -0.25) is 0 Å². The summed E-state index contributed by atoms with van der Waals surface area (Å²) in [6.07, 6.45) is 3.74. The highest BCUT2D eigenvalue weighted by molar-refractivity contribution is 7.08. The quantitative estimate of drug-likeness (QED) is 0.776. The van der Waals surface area contributed by atoms with Crippen LogP contribution < -0.4 is 5.32 Å². The van der Waals surface area contributed by atoms with Crippen molar-refractivity contribution in [1.82, 2.24) is 15.1 Å². The maximum absolute atomic E-state index is 4.22. The minimum Gasteiger partial charge on any atom is -0.309 e. The molecule has 0 saturated heterocycles. The number of rotatable bonds is 5. The van der Waals surface area contributed by atoms with Crippen LogP contribution in [0.1, 0.15) is 16.7 Å². The molecular weight excluding hydrogens is 266 g/mol. The first kappa shape index (κ1) is 13.1. The van der Waals surface area contributed by atoms with E-state index >= 15 is 0 Å². The molecule has 0 bridgehead atoms. The number of aromatic nitrogens is 2. The van der Waals surface area contributed by atoms with Gasteiger partial charge in [-0.2, -0.15) is 16.4 Å². The first-order valence-electron chi connectivity index (χ1n) is 6.64. The summed E-state index contributed by atoms with van der Waals surface area (Å²) in [5.41, 5.74) is 5.14. The van der Waals surface area contributed by atoms with Crippen molar-refractivity contribution in [2.24, 2.45) is 0 Å². The van der Waals surface area contributed by atoms with Crippen LogP contribution in [0.2, 0.25) is 0 Å². The average Bonchev–Trinajstić information content (AvgIpc) is 3.12. The Morgan fingerprint density at radius 3 is 2.65 bits per heavy atom. The Balaban J connectivity index is 1.57.